The summed E-state index contributed by atoms with van der Waals surface area (Å²) in [5, 5.41) is 5.50. The summed E-state index contributed by atoms with van der Waals surface area (Å²) in [6.07, 6.45) is 0. The monoisotopic (exact) mass is 608 g/mol. The van der Waals surface area contributed by atoms with E-state index in [-0.39, 0.29) is 30.2 Å². The Balaban J connectivity index is 0.000000306. The second-order valence-corrected chi connectivity index (χ2v) is 19.1. The standard InChI is InChI=1S/C17H15.C13H15.C2H6Si.2ClH.Zr/c1-12-10-16-13(2)8-9-15(17(16)11-12)14-6-4-3-5-7-14;1-9(2)12-7-11-5-4-10(3)6-13(11)8-12;1-3-2;;;/h3-11H,1-2H3;4-9H,1-3H3;1-2H3;2*1H;/q2*-1;;;;+2/p-2. The van der Waals surface area contributed by atoms with Gasteiger partial charge in [0.25, 0.3) is 0 Å². The summed E-state index contributed by atoms with van der Waals surface area (Å²) in [6, 6.07) is 30.8. The van der Waals surface area contributed by atoms with E-state index in [2.05, 4.69) is 133 Å². The van der Waals surface area contributed by atoms with E-state index < -0.39 is 0 Å². The molecule has 0 fully saturated rings. The average Bonchev–Trinajstić information content (AvgIpc) is 3.38. The number of aryl methyl sites for hydroxylation is 3. The van der Waals surface area contributed by atoms with Crippen molar-refractivity contribution >= 4 is 27.0 Å². The predicted molar refractivity (Wildman–Crippen MR) is 150 cm³/mol. The third-order valence-electron chi connectivity index (χ3n) is 5.89. The van der Waals surface area contributed by atoms with Crippen molar-refractivity contribution in [3.8, 4) is 11.1 Å². The average molecular weight is 611 g/mol. The second-order valence-electron chi connectivity index (χ2n) is 9.73. The molecule has 5 rings (SSSR count). The van der Waals surface area contributed by atoms with Gasteiger partial charge in [-0.2, -0.15) is 12.1 Å². The minimum absolute atomic E-state index is 0. The molecule has 0 nitrogen and oxygen atoms in total. The summed E-state index contributed by atoms with van der Waals surface area (Å²) in [5.74, 6) is 0.632. The van der Waals surface area contributed by atoms with Gasteiger partial charge < -0.3 is 24.8 Å². The molecule has 0 unspecified atom stereocenters. The van der Waals surface area contributed by atoms with Crippen LogP contribution in [0.3, 0.4) is 0 Å². The van der Waals surface area contributed by atoms with E-state index in [1.54, 1.807) is 23.3 Å². The molecule has 36 heavy (non-hydrogen) atoms. The van der Waals surface area contributed by atoms with Gasteiger partial charge in [-0.15, -0.1) is 74.6 Å². The van der Waals surface area contributed by atoms with Crippen molar-refractivity contribution in [2.24, 2.45) is 0 Å². The van der Waals surface area contributed by atoms with Gasteiger partial charge in [0.05, 0.1) is 0 Å². The van der Waals surface area contributed by atoms with Gasteiger partial charge in [0.2, 0.25) is 0 Å². The molecule has 0 N–H and O–H groups in total. The summed E-state index contributed by atoms with van der Waals surface area (Å²) in [4.78, 5) is 0. The number of fused-ring (bicyclic) bond motifs is 2. The molecule has 0 amide bonds. The van der Waals surface area contributed by atoms with Crippen LogP contribution in [-0.4, -0.2) is 5.43 Å². The Kier molecular flexibility index (Phi) is 13.7. The molecule has 4 heteroatoms. The Hall–Kier alpha value is -1.44. The largest absolute Gasteiger partial charge is 1.00 e. The first-order valence-corrected chi connectivity index (χ1v) is 18.2. The third-order valence-corrected chi connectivity index (χ3v) is 5.89. The van der Waals surface area contributed by atoms with Gasteiger partial charge in [-0.05, 0) is 18.4 Å². The van der Waals surface area contributed by atoms with E-state index in [0.29, 0.717) is 5.92 Å². The van der Waals surface area contributed by atoms with E-state index in [4.69, 9.17) is 0 Å². The van der Waals surface area contributed by atoms with Gasteiger partial charge in [0, 0.05) is 0 Å². The zero-order valence-electron chi connectivity index (χ0n) is 22.4. The number of hydrogen-bond acceptors (Lipinski definition) is 0. The van der Waals surface area contributed by atoms with Crippen LogP contribution in [0.15, 0.2) is 84.9 Å². The molecule has 0 spiro atoms. The van der Waals surface area contributed by atoms with E-state index in [1.165, 1.54) is 54.9 Å². The maximum Gasteiger partial charge on any atom is -0.0279 e. The molecule has 0 atom stereocenters. The van der Waals surface area contributed by atoms with Gasteiger partial charge in [-0.1, -0.05) is 75.2 Å². The van der Waals surface area contributed by atoms with Gasteiger partial charge in [-0.3, -0.25) is 0 Å². The van der Waals surface area contributed by atoms with Gasteiger partial charge in [0.15, 0.2) is 0 Å². The van der Waals surface area contributed by atoms with Crippen LogP contribution in [0.4, 0.5) is 0 Å². The van der Waals surface area contributed by atoms with Crippen LogP contribution in [-0.2, 0) is 23.3 Å². The minimum Gasteiger partial charge on any atom is -1.00 e. The van der Waals surface area contributed by atoms with Crippen molar-refractivity contribution in [3.63, 3.8) is 0 Å². The maximum absolute atomic E-state index is 2.31. The summed E-state index contributed by atoms with van der Waals surface area (Å²) in [5.41, 5.74) is 8.32. The Morgan fingerprint density at radius 2 is 1.42 bits per heavy atom. The summed E-state index contributed by atoms with van der Waals surface area (Å²) < 4.78 is 0. The Bertz CT molecular complexity index is 1390. The Labute approximate surface area is 245 Å². The number of benzene rings is 3. The molecule has 188 valence electrons. The van der Waals surface area contributed by atoms with Crippen LogP contribution >= 0.6 is 0 Å². The molecule has 5 aromatic rings. The van der Waals surface area contributed by atoms with Crippen LogP contribution in [0.2, 0.25) is 13.1 Å². The molecule has 0 aliphatic carbocycles. The predicted octanol–water partition coefficient (Wildman–Crippen LogP) is 3.63. The first kappa shape index (κ1) is 32.6. The van der Waals surface area contributed by atoms with Crippen molar-refractivity contribution in [3.05, 3.63) is 107 Å². The van der Waals surface area contributed by atoms with E-state index >= 15 is 0 Å². The molecule has 0 saturated heterocycles. The van der Waals surface area contributed by atoms with Crippen molar-refractivity contribution in [1.82, 2.24) is 0 Å². The first-order chi connectivity index (χ1) is 16.2. The fourth-order valence-electron chi connectivity index (χ4n) is 4.14. The van der Waals surface area contributed by atoms with Gasteiger partial charge >= 0.3 is 41.9 Å². The zero-order chi connectivity index (χ0) is 24.8. The third kappa shape index (κ3) is 8.84. The fraction of sp³-hybridized carbons (Fsp3) is 0.250. The van der Waals surface area contributed by atoms with Crippen LogP contribution in [0.5, 0.6) is 0 Å². The van der Waals surface area contributed by atoms with Gasteiger partial charge in [-0.25, -0.2) is 0 Å². The quantitative estimate of drug-likeness (QED) is 0.212. The molecule has 5 aromatic carbocycles. The van der Waals surface area contributed by atoms with Crippen LogP contribution in [0.25, 0.3) is 32.7 Å². The molecule has 0 bridgehead atoms. The van der Waals surface area contributed by atoms with Crippen LogP contribution < -0.4 is 24.8 Å². The van der Waals surface area contributed by atoms with Crippen molar-refractivity contribution in [1.29, 1.82) is 0 Å². The Morgan fingerprint density at radius 1 is 0.778 bits per heavy atom. The molecular formula is C32H36Cl2SiZr-2. The summed E-state index contributed by atoms with van der Waals surface area (Å²) >= 11 is 1.74. The number of hydrogen-bond donors (Lipinski definition) is 0. The summed E-state index contributed by atoms with van der Waals surface area (Å²) in [6.45, 7) is 15.6. The fourth-order valence-corrected chi connectivity index (χ4v) is 4.14. The molecular weight excluding hydrogens is 575 g/mol. The van der Waals surface area contributed by atoms with Crippen molar-refractivity contribution in [2.45, 2.75) is 53.6 Å². The molecule has 0 radical (unpaired) electrons. The van der Waals surface area contributed by atoms with E-state index in [0.717, 1.165) is 0 Å². The summed E-state index contributed by atoms with van der Waals surface area (Å²) in [7, 11) is 0. The SMILES string of the molecule is C[Si](C)=[Zr+2].Cc1cc2c(-c3ccccc3)ccc(C)c2[cH-]1.Cc1ccc2[cH-]c(C(C)C)cc2c1.[Cl-].[Cl-]. The smallest absolute Gasteiger partial charge is 0.0279 e. The molecule has 0 heterocycles. The van der Waals surface area contributed by atoms with Crippen LogP contribution in [0.1, 0.15) is 42.0 Å². The maximum atomic E-state index is 2.31. The number of rotatable bonds is 2. The Morgan fingerprint density at radius 3 is 2.03 bits per heavy atom. The van der Waals surface area contributed by atoms with Crippen LogP contribution in [0, 0.1) is 20.8 Å². The van der Waals surface area contributed by atoms with Crippen molar-refractivity contribution < 1.29 is 48.1 Å². The second kappa shape index (κ2) is 15.1. The molecule has 0 aromatic heterocycles. The first-order valence-electron chi connectivity index (χ1n) is 12.1. The molecule has 0 saturated carbocycles. The topological polar surface area (TPSA) is 0 Å². The van der Waals surface area contributed by atoms with Crippen molar-refractivity contribution in [2.75, 3.05) is 0 Å². The molecule has 0 aliphatic heterocycles. The van der Waals surface area contributed by atoms with E-state index in [1.807, 2.05) is 0 Å². The molecule has 0 aliphatic rings. The van der Waals surface area contributed by atoms with E-state index in [9.17, 15) is 0 Å². The number of halogens is 2. The van der Waals surface area contributed by atoms with Gasteiger partial charge in [0.1, 0.15) is 0 Å². The normalized spacial score (nSPS) is 10.1. The minimum atomic E-state index is 0. The zero-order valence-corrected chi connectivity index (χ0v) is 27.4.